The number of anilines is 1. The minimum atomic E-state index is -1.23. The van der Waals surface area contributed by atoms with Crippen LogP contribution in [-0.4, -0.2) is 31.3 Å². The number of alkyl carbamates (subject to hydrolysis) is 1. The van der Waals surface area contributed by atoms with Gasteiger partial charge in [0.25, 0.3) is 0 Å². The highest BCUT2D eigenvalue weighted by atomic mass is 16.5. The van der Waals surface area contributed by atoms with Crippen LogP contribution in [0.25, 0.3) is 0 Å². The van der Waals surface area contributed by atoms with Gasteiger partial charge in [-0.15, -0.1) is 0 Å². The number of amides is 1. The molecule has 0 aliphatic rings. The monoisotopic (exact) mass is 370 g/mol. The molecule has 0 radical (unpaired) electrons. The van der Waals surface area contributed by atoms with E-state index in [4.69, 9.17) is 4.74 Å². The largest absolute Gasteiger partial charge is 0.481 e. The van der Waals surface area contributed by atoms with E-state index in [1.807, 2.05) is 67.5 Å². The Kier molecular flexibility index (Phi) is 6.45. The molecule has 2 N–H and O–H groups in total. The third kappa shape index (κ3) is 5.23. The number of carboxylic acid groups (broad SMARTS) is 1. The van der Waals surface area contributed by atoms with Gasteiger partial charge in [0.05, 0.1) is 11.5 Å². The van der Waals surface area contributed by atoms with Gasteiger partial charge in [0.2, 0.25) is 0 Å². The van der Waals surface area contributed by atoms with Crippen molar-refractivity contribution in [1.29, 1.82) is 0 Å². The van der Waals surface area contributed by atoms with Crippen LogP contribution in [0, 0.1) is 5.41 Å². The standard InChI is InChI=1S/C21H26N2O4/c1-21(2,19(24)25)18(16-11-8-12-17(13-16)23(3)4)22-20(26)27-14-15-9-6-5-7-10-15/h5-13,18H,14H2,1-4H3,(H,22,26)(H,24,25). The first-order valence-corrected chi connectivity index (χ1v) is 8.69. The molecule has 0 aliphatic carbocycles. The molecule has 1 unspecified atom stereocenters. The molecule has 2 aromatic carbocycles. The molecular formula is C21H26N2O4. The summed E-state index contributed by atoms with van der Waals surface area (Å²) in [6, 6.07) is 16.0. The molecule has 1 atom stereocenters. The lowest BCUT2D eigenvalue weighted by atomic mass is 9.80. The lowest BCUT2D eigenvalue weighted by Crippen LogP contribution is -2.42. The van der Waals surface area contributed by atoms with Crippen LogP contribution in [0.1, 0.15) is 31.0 Å². The van der Waals surface area contributed by atoms with Crippen molar-refractivity contribution in [2.45, 2.75) is 26.5 Å². The molecule has 2 aromatic rings. The van der Waals surface area contributed by atoms with Gasteiger partial charge in [-0.05, 0) is 37.1 Å². The Morgan fingerprint density at radius 2 is 1.78 bits per heavy atom. The van der Waals surface area contributed by atoms with Gasteiger partial charge in [-0.2, -0.15) is 0 Å². The molecule has 144 valence electrons. The number of nitrogens with one attached hydrogen (secondary N) is 1. The molecule has 0 heterocycles. The fourth-order valence-electron chi connectivity index (χ4n) is 2.67. The van der Waals surface area contributed by atoms with Gasteiger partial charge in [-0.25, -0.2) is 4.79 Å². The lowest BCUT2D eigenvalue weighted by molar-refractivity contribution is -0.148. The number of benzene rings is 2. The van der Waals surface area contributed by atoms with Crippen molar-refractivity contribution in [3.8, 4) is 0 Å². The van der Waals surface area contributed by atoms with Crippen LogP contribution in [0.4, 0.5) is 10.5 Å². The molecule has 0 bridgehead atoms. The highest BCUT2D eigenvalue weighted by Crippen LogP contribution is 2.35. The van der Waals surface area contributed by atoms with Gasteiger partial charge in [0, 0.05) is 19.8 Å². The molecule has 6 nitrogen and oxygen atoms in total. The molecule has 0 saturated heterocycles. The summed E-state index contributed by atoms with van der Waals surface area (Å²) in [5, 5.41) is 12.4. The van der Waals surface area contributed by atoms with E-state index in [-0.39, 0.29) is 6.61 Å². The molecule has 0 aromatic heterocycles. The number of carbonyl (C=O) groups excluding carboxylic acids is 1. The number of ether oxygens (including phenoxy) is 1. The van der Waals surface area contributed by atoms with E-state index in [9.17, 15) is 14.7 Å². The fraction of sp³-hybridized carbons (Fsp3) is 0.333. The predicted octanol–water partition coefficient (Wildman–Crippen LogP) is 3.83. The number of hydrogen-bond donors (Lipinski definition) is 2. The number of rotatable bonds is 7. The van der Waals surface area contributed by atoms with Crippen molar-refractivity contribution >= 4 is 17.7 Å². The van der Waals surface area contributed by atoms with Crippen molar-refractivity contribution in [3.63, 3.8) is 0 Å². The minimum Gasteiger partial charge on any atom is -0.481 e. The maximum absolute atomic E-state index is 12.4. The van der Waals surface area contributed by atoms with E-state index >= 15 is 0 Å². The molecule has 6 heteroatoms. The first-order valence-electron chi connectivity index (χ1n) is 8.69. The Bertz CT molecular complexity index is 788. The minimum absolute atomic E-state index is 0.116. The summed E-state index contributed by atoms with van der Waals surface area (Å²) in [7, 11) is 3.80. The van der Waals surface area contributed by atoms with Gasteiger partial charge in [-0.3, -0.25) is 4.79 Å². The van der Waals surface area contributed by atoms with Gasteiger partial charge in [0.15, 0.2) is 0 Å². The number of carboxylic acids is 1. The van der Waals surface area contributed by atoms with E-state index in [1.54, 1.807) is 19.9 Å². The molecular weight excluding hydrogens is 344 g/mol. The zero-order chi connectivity index (χ0) is 20.0. The average molecular weight is 370 g/mol. The summed E-state index contributed by atoms with van der Waals surface area (Å²) in [5.41, 5.74) is 1.25. The summed E-state index contributed by atoms with van der Waals surface area (Å²) in [5.74, 6) is -1.01. The van der Waals surface area contributed by atoms with E-state index in [0.717, 1.165) is 11.3 Å². The summed E-state index contributed by atoms with van der Waals surface area (Å²) >= 11 is 0. The topological polar surface area (TPSA) is 78.9 Å². The summed E-state index contributed by atoms with van der Waals surface area (Å²) in [6.07, 6.45) is -0.659. The first-order chi connectivity index (χ1) is 12.7. The van der Waals surface area contributed by atoms with Gasteiger partial charge < -0.3 is 20.1 Å². The van der Waals surface area contributed by atoms with E-state index in [1.165, 1.54) is 0 Å². The van der Waals surface area contributed by atoms with Crippen LogP contribution >= 0.6 is 0 Å². The Morgan fingerprint density at radius 1 is 1.11 bits per heavy atom. The van der Waals surface area contributed by atoms with E-state index in [0.29, 0.717) is 5.56 Å². The Hall–Kier alpha value is -3.02. The summed E-state index contributed by atoms with van der Waals surface area (Å²) in [6.45, 7) is 3.28. The van der Waals surface area contributed by atoms with E-state index < -0.39 is 23.5 Å². The Morgan fingerprint density at radius 3 is 2.37 bits per heavy atom. The van der Waals surface area contributed by atoms with Gasteiger partial charge >= 0.3 is 12.1 Å². The molecule has 0 spiro atoms. The van der Waals surface area contributed by atoms with Crippen LogP contribution in [0.3, 0.4) is 0 Å². The second-order valence-corrected chi connectivity index (χ2v) is 7.16. The van der Waals surface area contributed by atoms with Gasteiger partial charge in [0.1, 0.15) is 6.61 Å². The lowest BCUT2D eigenvalue weighted by Gasteiger charge is -2.31. The second kappa shape index (κ2) is 8.58. The molecule has 0 aliphatic heterocycles. The van der Waals surface area contributed by atoms with Crippen molar-refractivity contribution in [1.82, 2.24) is 5.32 Å². The average Bonchev–Trinajstić information content (AvgIpc) is 2.65. The SMILES string of the molecule is CN(C)c1cccc(C(NC(=O)OCc2ccccc2)C(C)(C)C(=O)O)c1. The third-order valence-electron chi connectivity index (χ3n) is 4.47. The number of nitrogens with zero attached hydrogens (tertiary/aromatic N) is 1. The van der Waals surface area contributed by atoms with Crippen LogP contribution in [0.5, 0.6) is 0 Å². The van der Waals surface area contributed by atoms with Crippen LogP contribution in [0.2, 0.25) is 0 Å². The van der Waals surface area contributed by atoms with Gasteiger partial charge in [-0.1, -0.05) is 42.5 Å². The molecule has 0 fully saturated rings. The number of carbonyl (C=O) groups is 2. The maximum Gasteiger partial charge on any atom is 0.407 e. The predicted molar refractivity (Wildman–Crippen MR) is 105 cm³/mol. The number of hydrogen-bond acceptors (Lipinski definition) is 4. The van der Waals surface area contributed by atoms with Crippen molar-refractivity contribution in [2.75, 3.05) is 19.0 Å². The Labute approximate surface area is 159 Å². The third-order valence-corrected chi connectivity index (χ3v) is 4.47. The second-order valence-electron chi connectivity index (χ2n) is 7.16. The van der Waals surface area contributed by atoms with Crippen molar-refractivity contribution in [2.24, 2.45) is 5.41 Å². The summed E-state index contributed by atoms with van der Waals surface area (Å²) in [4.78, 5) is 26.1. The summed E-state index contributed by atoms with van der Waals surface area (Å²) < 4.78 is 5.28. The van der Waals surface area contributed by atoms with Crippen molar-refractivity contribution in [3.05, 3.63) is 65.7 Å². The normalized spacial score (nSPS) is 12.1. The quantitative estimate of drug-likeness (QED) is 0.774. The molecule has 2 rings (SSSR count). The Balaban J connectivity index is 2.21. The van der Waals surface area contributed by atoms with Crippen LogP contribution in [-0.2, 0) is 16.1 Å². The fourth-order valence-corrected chi connectivity index (χ4v) is 2.67. The highest BCUT2D eigenvalue weighted by molar-refractivity contribution is 5.77. The molecule has 0 saturated carbocycles. The van der Waals surface area contributed by atoms with Crippen molar-refractivity contribution < 1.29 is 19.4 Å². The molecule has 27 heavy (non-hydrogen) atoms. The van der Waals surface area contributed by atoms with Crippen LogP contribution in [0.15, 0.2) is 54.6 Å². The van der Waals surface area contributed by atoms with Crippen LogP contribution < -0.4 is 10.2 Å². The van der Waals surface area contributed by atoms with E-state index in [2.05, 4.69) is 5.32 Å². The zero-order valence-electron chi connectivity index (χ0n) is 16.1. The number of aliphatic carboxylic acids is 1. The first kappa shape index (κ1) is 20.3. The highest BCUT2D eigenvalue weighted by Gasteiger charge is 2.39. The maximum atomic E-state index is 12.4. The zero-order valence-corrected chi connectivity index (χ0v) is 16.1. The molecule has 1 amide bonds. The smallest absolute Gasteiger partial charge is 0.407 e.